The molecule has 0 saturated carbocycles. The third-order valence-electron chi connectivity index (χ3n) is 14.4. The smallest absolute Gasteiger partial charge is 0.248 e. The van der Waals surface area contributed by atoms with E-state index in [0.717, 1.165) is 24.3 Å². The van der Waals surface area contributed by atoms with Crippen molar-refractivity contribution in [2.45, 2.75) is 0 Å². The second-order valence-electron chi connectivity index (χ2n) is 22.9. The van der Waals surface area contributed by atoms with Gasteiger partial charge in [0.1, 0.15) is 71.8 Å². The SMILES string of the molecule is CN([11CH3])C/C=C/C(=O)Nc1ccc2ncnc(Nc3cc(Cl)c(Cl)cc3F)c2c1.CNC/C=C/C(=O)Nc1ccc2ncnc(Nc3cc(Cl)c(Cl)cc3F)c2c1.Nc1ccc2ncnc(Nc3cc(Cl)c(Cl)cc3F)c2c1.O=C(/C=C/CBr)Nc1ccc2ncnc(Nc3cc(Cl)c(Cl)cc3F)c2c1.O=C(Cl)/C=C/CBr. The minimum absolute atomic E-state index is 0.119. The number of aromatic nitrogens is 8. The standard InChI is InChI=1S/C20H18Cl2FN5O.C19H16Cl2FN5O.C18H12BrCl2FN4O.C14H9Cl2FN4.C4H4BrClO/c1-28(2)7-3-4-19(29)26-12-5-6-17-13(8-12)20(25-11-24-17)27-18-10-15(22)14(21)9-16(18)23;1-23-6-2-3-18(28)26-11-4-5-16-12(7-11)19(25-10-24-16)27-17-9-14(21)13(20)8-15(17)22;19-5-1-2-17(27)25-10-3-4-15-11(6-10)18(24-9-23-15)26-16-8-13(21)12(20)7-14(16)22;15-9-4-11(17)13(5-10(9)16)21-14-8-3-7(18)1-2-12(8)19-6-20-14;5-3-1-2-4(6)7/h3-6,8-11H,7H2,1-2H3,(H,26,29)(H,24,25,27);2-5,7-10,23H,6H2,1H3,(H,26,28)(H,24,25,27);1-4,6-9H,5H2,(H,25,27)(H,23,24,26);1-6H,18H2,(H,19,20,21);1-2H,3H2/b4-3+;3-2+;2-1+;;2-1+/i1-1;;;;. The van der Waals surface area contributed by atoms with E-state index in [1.165, 1.54) is 73.9 Å². The van der Waals surface area contributed by atoms with E-state index in [9.17, 15) is 36.7 Å². The van der Waals surface area contributed by atoms with Crippen molar-refractivity contribution < 1.29 is 36.7 Å². The van der Waals surface area contributed by atoms with Crippen LogP contribution in [0.3, 0.4) is 0 Å². The zero-order valence-electron chi connectivity index (χ0n) is 58.2. The van der Waals surface area contributed by atoms with Crippen LogP contribution in [0.1, 0.15) is 0 Å². The molecule has 4 aromatic heterocycles. The van der Waals surface area contributed by atoms with Crippen LogP contribution in [-0.4, -0.2) is 113 Å². The molecule has 578 valence electrons. The topological polar surface area (TPSA) is 297 Å². The van der Waals surface area contributed by atoms with Gasteiger partial charge in [-0.15, -0.1) is 0 Å². The molecular formula is C75H59Br2Cl9F4N18O4. The number of nitrogens with zero attached hydrogens (tertiary/aromatic N) is 9. The molecule has 3 amide bonds. The lowest BCUT2D eigenvalue weighted by Crippen LogP contribution is -2.13. The van der Waals surface area contributed by atoms with Gasteiger partial charge in [0.05, 0.1) is 85.0 Å². The maximum Gasteiger partial charge on any atom is 0.248 e. The number of rotatable bonds is 21. The van der Waals surface area contributed by atoms with Crippen LogP contribution in [-0.2, 0) is 19.2 Å². The van der Waals surface area contributed by atoms with Crippen LogP contribution in [0.15, 0.2) is 195 Å². The first kappa shape index (κ1) is 87.9. The average molecular weight is 1830 g/mol. The Balaban J connectivity index is 0.000000183. The number of benzene rings is 8. The van der Waals surface area contributed by atoms with Gasteiger partial charge in [0.15, 0.2) is 0 Å². The number of nitrogens with two attached hydrogens (primary N) is 1. The summed E-state index contributed by atoms with van der Waals surface area (Å²) in [6.45, 7) is 1.24. The summed E-state index contributed by atoms with van der Waals surface area (Å²) in [5.41, 5.74) is 11.1. The Morgan fingerprint density at radius 2 is 0.688 bits per heavy atom. The van der Waals surface area contributed by atoms with Gasteiger partial charge in [-0.25, -0.2) is 57.4 Å². The average Bonchev–Trinajstić information content (AvgIpc) is 0.816. The summed E-state index contributed by atoms with van der Waals surface area (Å²) in [5.74, 6) is -1.49. The van der Waals surface area contributed by atoms with Gasteiger partial charge in [0.2, 0.25) is 23.0 Å². The predicted molar refractivity (Wildman–Crippen MR) is 455 cm³/mol. The third-order valence-corrected chi connectivity index (χ3v) is 18.2. The number of fused-ring (bicyclic) bond motifs is 4. The van der Waals surface area contributed by atoms with Gasteiger partial charge in [0, 0.05) is 86.3 Å². The molecule has 0 atom stereocenters. The maximum atomic E-state index is 14.2. The minimum Gasteiger partial charge on any atom is -0.399 e. The van der Waals surface area contributed by atoms with E-state index < -0.39 is 28.5 Å². The van der Waals surface area contributed by atoms with Crippen molar-refractivity contribution in [2.75, 3.05) is 87.8 Å². The monoisotopic (exact) mass is 1820 g/mol. The first-order chi connectivity index (χ1) is 53.6. The van der Waals surface area contributed by atoms with Gasteiger partial charge in [-0.3, -0.25) is 19.2 Å². The molecular weight excluding hydrogens is 1770 g/mol. The van der Waals surface area contributed by atoms with E-state index in [-0.39, 0.29) is 80.7 Å². The fourth-order valence-electron chi connectivity index (χ4n) is 9.35. The zero-order chi connectivity index (χ0) is 81.1. The first-order valence-corrected chi connectivity index (χ1v) is 37.9. The number of anilines is 12. The highest BCUT2D eigenvalue weighted by Crippen LogP contribution is 2.37. The van der Waals surface area contributed by atoms with Gasteiger partial charge < -0.3 is 53.2 Å². The molecule has 0 aliphatic rings. The van der Waals surface area contributed by atoms with Gasteiger partial charge in [-0.2, -0.15) is 0 Å². The molecule has 0 saturated heterocycles. The number of likely N-dealkylation sites (N-methyl/N-ethyl adjacent to an activating group) is 2. The van der Waals surface area contributed by atoms with Crippen LogP contribution in [0.2, 0.25) is 40.2 Å². The fraction of sp³-hybridized carbons (Fsp3) is 0.0933. The molecule has 12 rings (SSSR count). The summed E-state index contributed by atoms with van der Waals surface area (Å²) in [5, 5.41) is 27.5. The molecule has 22 nitrogen and oxygen atoms in total. The summed E-state index contributed by atoms with van der Waals surface area (Å²) >= 11 is 58.3. The van der Waals surface area contributed by atoms with Gasteiger partial charge in [-0.1, -0.05) is 149 Å². The van der Waals surface area contributed by atoms with Crippen molar-refractivity contribution in [1.29, 1.82) is 0 Å². The van der Waals surface area contributed by atoms with Crippen LogP contribution >= 0.6 is 136 Å². The number of hydrogen-bond donors (Lipinski definition) is 9. The Labute approximate surface area is 699 Å². The number of alkyl halides is 2. The molecule has 0 unspecified atom stereocenters. The number of carbonyl (C=O) groups excluding carboxylic acids is 4. The Morgan fingerprint density at radius 3 is 0.982 bits per heavy atom. The summed E-state index contributed by atoms with van der Waals surface area (Å²) in [4.78, 5) is 81.1. The van der Waals surface area contributed by atoms with Crippen molar-refractivity contribution in [3.8, 4) is 0 Å². The molecule has 10 N–H and O–H groups in total. The van der Waals surface area contributed by atoms with Crippen molar-refractivity contribution in [3.63, 3.8) is 0 Å². The quantitative estimate of drug-likeness (QED) is 0.00806. The number of allylic oxidation sites excluding steroid dienone is 3. The molecule has 0 fully saturated rings. The van der Waals surface area contributed by atoms with E-state index in [4.69, 9.17) is 110 Å². The Morgan fingerprint density at radius 1 is 0.402 bits per heavy atom. The fourth-order valence-corrected chi connectivity index (χ4v) is 11.1. The van der Waals surface area contributed by atoms with Gasteiger partial charge in [0.25, 0.3) is 0 Å². The van der Waals surface area contributed by atoms with Crippen LogP contribution < -0.4 is 48.3 Å². The molecule has 4 heterocycles. The Kier molecular flexibility index (Phi) is 34.1. The molecule has 112 heavy (non-hydrogen) atoms. The summed E-state index contributed by atoms with van der Waals surface area (Å²) in [7, 11) is 5.62. The highest BCUT2D eigenvalue weighted by molar-refractivity contribution is 9.09. The number of amides is 3. The number of nitrogens with one attached hydrogen (secondary N) is 8. The second-order valence-corrected chi connectivity index (χ2v) is 27.8. The van der Waals surface area contributed by atoms with Crippen molar-refractivity contribution in [3.05, 3.63) is 259 Å². The second kappa shape index (κ2) is 43.4. The molecule has 12 aromatic rings. The van der Waals surface area contributed by atoms with Crippen LogP contribution in [0.25, 0.3) is 43.6 Å². The highest BCUT2D eigenvalue weighted by Gasteiger charge is 2.17. The van der Waals surface area contributed by atoms with Crippen molar-refractivity contribution in [1.82, 2.24) is 50.1 Å². The number of nitrogen functional groups attached to an aromatic ring is 1. The van der Waals surface area contributed by atoms with E-state index in [2.05, 4.69) is 114 Å². The first-order valence-electron chi connectivity index (χ1n) is 32.2. The van der Waals surface area contributed by atoms with E-state index in [1.807, 2.05) is 19.0 Å². The molecule has 0 aliphatic heterocycles. The molecule has 0 bridgehead atoms. The van der Waals surface area contributed by atoms with Crippen LogP contribution in [0.5, 0.6) is 0 Å². The molecule has 8 aromatic carbocycles. The summed E-state index contributed by atoms with van der Waals surface area (Å²) < 4.78 is 56.5. The van der Waals surface area contributed by atoms with E-state index in [0.29, 0.717) is 113 Å². The lowest BCUT2D eigenvalue weighted by atomic mass is 10.2. The largest absolute Gasteiger partial charge is 0.399 e. The molecule has 0 aliphatic carbocycles. The maximum absolute atomic E-state index is 14.2. The summed E-state index contributed by atoms with van der Waals surface area (Å²) in [6.07, 6.45) is 17.9. The van der Waals surface area contributed by atoms with E-state index >= 15 is 0 Å². The summed E-state index contributed by atoms with van der Waals surface area (Å²) in [6, 6.07) is 30.8. The number of hydrogen-bond acceptors (Lipinski definition) is 19. The van der Waals surface area contributed by atoms with Gasteiger partial charge in [-0.05, 0) is 160 Å². The Hall–Kier alpha value is -9.63. The highest BCUT2D eigenvalue weighted by atomic mass is 79.9. The molecule has 0 radical (unpaired) electrons. The minimum atomic E-state index is -0.569. The van der Waals surface area contributed by atoms with E-state index in [1.54, 1.807) is 104 Å². The lowest BCUT2D eigenvalue weighted by molar-refractivity contribution is -0.112. The normalized spacial score (nSPS) is 11.1. The van der Waals surface area contributed by atoms with Crippen molar-refractivity contribution >= 4 is 272 Å². The Bertz CT molecular complexity index is 5570. The molecule has 0 spiro atoms. The lowest BCUT2D eigenvalue weighted by Gasteiger charge is -2.11. The van der Waals surface area contributed by atoms with Crippen LogP contribution in [0, 0.1) is 23.3 Å². The number of halogens is 15. The predicted octanol–water partition coefficient (Wildman–Crippen LogP) is 21.2. The van der Waals surface area contributed by atoms with Crippen molar-refractivity contribution in [2.24, 2.45) is 0 Å². The molecule has 37 heteroatoms. The van der Waals surface area contributed by atoms with Gasteiger partial charge >= 0.3 is 0 Å². The third kappa shape index (κ3) is 26.5. The van der Waals surface area contributed by atoms with Crippen LogP contribution in [0.4, 0.5) is 86.3 Å². The zero-order valence-corrected chi connectivity index (χ0v) is 68.2. The number of carbonyl (C=O) groups is 4.